The number of nitrogens with two attached hydrogens (primary N) is 2. The lowest BCUT2D eigenvalue weighted by Gasteiger charge is -2.15. The number of fused-ring (bicyclic) bond motifs is 2. The second-order valence-corrected chi connectivity index (χ2v) is 11.8. The largest absolute Gasteiger partial charge is 0.398 e. The van der Waals surface area contributed by atoms with E-state index in [4.69, 9.17) is 21.9 Å². The van der Waals surface area contributed by atoms with Gasteiger partial charge in [-0.2, -0.15) is 0 Å². The van der Waals surface area contributed by atoms with Crippen LogP contribution in [0.5, 0.6) is 0 Å². The molecule has 0 unspecified atom stereocenters. The minimum absolute atomic E-state index is 0.114. The summed E-state index contributed by atoms with van der Waals surface area (Å²) in [6.45, 7) is 0.508. The highest BCUT2D eigenvalue weighted by Crippen LogP contribution is 2.33. The normalized spacial score (nSPS) is 12.4. The molecule has 0 saturated heterocycles. The van der Waals surface area contributed by atoms with Gasteiger partial charge in [0, 0.05) is 22.4 Å². The van der Waals surface area contributed by atoms with Gasteiger partial charge in [0.1, 0.15) is 5.84 Å². The first-order valence-corrected chi connectivity index (χ1v) is 16.2. The fourth-order valence-electron chi connectivity index (χ4n) is 6.04. The van der Waals surface area contributed by atoms with Crippen molar-refractivity contribution in [2.24, 2.45) is 21.5 Å². The Kier molecular flexibility index (Phi) is 8.89. The third-order valence-corrected chi connectivity index (χ3v) is 8.60. The molecular weight excluding hydrogens is 599 g/mol. The van der Waals surface area contributed by atoms with Gasteiger partial charge in [-0.15, -0.1) is 0 Å². The standard InChI is InChI=1S/C44H35N5/c45-40(33-13-3-1-4-14-33)28-41(48-29-30-19-20-31-11-7-8-17-37(31)27-30)34-21-23-35(24-22-34)42-38-18-10-9-12-32(38)25-26-39(42)44(47)49-43(46)36-15-5-2-6-16-36/h1-28H,29,45H2,(H3,46,47,49)/b40-28-,48-41+. The summed E-state index contributed by atoms with van der Waals surface area (Å²) in [5, 5.41) is 13.1. The Morgan fingerprint density at radius 2 is 1.18 bits per heavy atom. The Labute approximate surface area is 286 Å². The van der Waals surface area contributed by atoms with Crippen LogP contribution in [0, 0.1) is 5.41 Å². The first-order valence-electron chi connectivity index (χ1n) is 16.2. The zero-order valence-corrected chi connectivity index (χ0v) is 26.9. The molecule has 49 heavy (non-hydrogen) atoms. The van der Waals surface area contributed by atoms with E-state index in [0.29, 0.717) is 17.8 Å². The van der Waals surface area contributed by atoms with Gasteiger partial charge in [0.05, 0.1) is 12.3 Å². The fourth-order valence-corrected chi connectivity index (χ4v) is 6.04. The lowest BCUT2D eigenvalue weighted by molar-refractivity contribution is 1.07. The van der Waals surface area contributed by atoms with Gasteiger partial charge >= 0.3 is 0 Å². The number of hydrogen-bond acceptors (Lipinski definition) is 3. The summed E-state index contributed by atoms with van der Waals surface area (Å²) in [4.78, 5) is 9.62. The van der Waals surface area contributed by atoms with Gasteiger partial charge in [-0.3, -0.25) is 10.4 Å². The van der Waals surface area contributed by atoms with Crippen LogP contribution in [0.1, 0.15) is 27.8 Å². The van der Waals surface area contributed by atoms with Crippen molar-refractivity contribution in [2.75, 3.05) is 0 Å². The Morgan fingerprint density at radius 1 is 0.571 bits per heavy atom. The molecule has 0 radical (unpaired) electrons. The summed E-state index contributed by atoms with van der Waals surface area (Å²) < 4.78 is 0. The Balaban J connectivity index is 1.29. The highest BCUT2D eigenvalue weighted by molar-refractivity contribution is 6.16. The number of rotatable bonds is 8. The van der Waals surface area contributed by atoms with Gasteiger partial charge in [-0.1, -0.05) is 158 Å². The van der Waals surface area contributed by atoms with Crippen LogP contribution in [-0.4, -0.2) is 17.4 Å². The summed E-state index contributed by atoms with van der Waals surface area (Å²) in [6, 6.07) is 54.8. The molecule has 7 aromatic rings. The van der Waals surface area contributed by atoms with E-state index in [1.54, 1.807) is 0 Å². The lowest BCUT2D eigenvalue weighted by atomic mass is 9.91. The topological polar surface area (TPSA) is 101 Å². The highest BCUT2D eigenvalue weighted by Gasteiger charge is 2.15. The number of nitrogens with one attached hydrogen (secondary N) is 1. The van der Waals surface area contributed by atoms with Crippen LogP contribution in [0.25, 0.3) is 38.4 Å². The van der Waals surface area contributed by atoms with Crippen molar-refractivity contribution in [2.45, 2.75) is 6.54 Å². The van der Waals surface area contributed by atoms with Crippen LogP contribution < -0.4 is 11.5 Å². The van der Waals surface area contributed by atoms with Gasteiger partial charge in [-0.25, -0.2) is 4.99 Å². The van der Waals surface area contributed by atoms with Crippen molar-refractivity contribution < 1.29 is 0 Å². The van der Waals surface area contributed by atoms with Gasteiger partial charge < -0.3 is 11.5 Å². The van der Waals surface area contributed by atoms with Crippen LogP contribution in [0.3, 0.4) is 0 Å². The SMILES string of the molecule is N=C(/N=C(\N)c1ccc2ccccc2c1-c1ccc(C(/C=C(\N)c2ccccc2)=N/Cc2ccc3ccccc3c2)cc1)c1ccccc1. The molecule has 7 rings (SSSR count). The second kappa shape index (κ2) is 14.0. The maximum Gasteiger partial charge on any atom is 0.154 e. The molecule has 0 aromatic heterocycles. The number of allylic oxidation sites excluding steroid dienone is 1. The minimum atomic E-state index is 0.114. The Bertz CT molecular complexity index is 2370. The van der Waals surface area contributed by atoms with Crippen molar-refractivity contribution >= 4 is 44.6 Å². The number of nitrogens with zero attached hydrogens (tertiary/aromatic N) is 2. The van der Waals surface area contributed by atoms with E-state index in [1.807, 2.05) is 91.0 Å². The predicted octanol–water partition coefficient (Wildman–Crippen LogP) is 9.38. The molecule has 7 aromatic carbocycles. The van der Waals surface area contributed by atoms with Crippen molar-refractivity contribution in [3.05, 3.63) is 198 Å². The maximum absolute atomic E-state index is 8.59. The van der Waals surface area contributed by atoms with Crippen LogP contribution in [-0.2, 0) is 6.54 Å². The molecule has 236 valence electrons. The van der Waals surface area contributed by atoms with E-state index in [1.165, 1.54) is 10.8 Å². The van der Waals surface area contributed by atoms with Crippen LogP contribution in [0.2, 0.25) is 0 Å². The summed E-state index contributed by atoms with van der Waals surface area (Å²) >= 11 is 0. The van der Waals surface area contributed by atoms with Gasteiger partial charge in [0.25, 0.3) is 0 Å². The number of benzene rings is 7. The molecule has 0 amide bonds. The van der Waals surface area contributed by atoms with Crippen molar-refractivity contribution in [1.82, 2.24) is 0 Å². The van der Waals surface area contributed by atoms with E-state index in [2.05, 4.69) is 83.9 Å². The molecule has 0 atom stereocenters. The zero-order valence-electron chi connectivity index (χ0n) is 26.9. The fraction of sp³-hybridized carbons (Fsp3) is 0.0227. The molecule has 0 aliphatic rings. The average molecular weight is 634 g/mol. The highest BCUT2D eigenvalue weighted by atomic mass is 14.9. The van der Waals surface area contributed by atoms with Crippen LogP contribution in [0.15, 0.2) is 180 Å². The molecular formula is C44H35N5. The molecule has 0 bridgehead atoms. The molecule has 5 N–H and O–H groups in total. The van der Waals surface area contributed by atoms with Gasteiger partial charge in [0.15, 0.2) is 5.84 Å². The number of hydrogen-bond donors (Lipinski definition) is 3. The summed E-state index contributed by atoms with van der Waals surface area (Å²) in [5.41, 5.74) is 21.1. The Hall–Kier alpha value is -6.59. The predicted molar refractivity (Wildman–Crippen MR) is 206 cm³/mol. The van der Waals surface area contributed by atoms with E-state index >= 15 is 0 Å². The van der Waals surface area contributed by atoms with E-state index in [0.717, 1.165) is 49.9 Å². The summed E-state index contributed by atoms with van der Waals surface area (Å²) in [5.74, 6) is 0.400. The minimum Gasteiger partial charge on any atom is -0.398 e. The maximum atomic E-state index is 8.59. The molecule has 0 aliphatic carbocycles. The molecule has 5 nitrogen and oxygen atoms in total. The molecule has 0 saturated carbocycles. The van der Waals surface area contributed by atoms with E-state index in [-0.39, 0.29) is 11.7 Å². The first kappa shape index (κ1) is 31.0. The number of amidine groups is 2. The van der Waals surface area contributed by atoms with Gasteiger partial charge in [-0.05, 0) is 55.9 Å². The lowest BCUT2D eigenvalue weighted by Crippen LogP contribution is -2.17. The van der Waals surface area contributed by atoms with E-state index in [9.17, 15) is 0 Å². The quantitative estimate of drug-likeness (QED) is 0.115. The average Bonchev–Trinajstić information content (AvgIpc) is 3.16. The van der Waals surface area contributed by atoms with Crippen molar-refractivity contribution in [3.63, 3.8) is 0 Å². The molecule has 0 aliphatic heterocycles. The van der Waals surface area contributed by atoms with E-state index < -0.39 is 0 Å². The monoisotopic (exact) mass is 633 g/mol. The van der Waals surface area contributed by atoms with Crippen LogP contribution >= 0.6 is 0 Å². The van der Waals surface area contributed by atoms with Crippen molar-refractivity contribution in [3.8, 4) is 11.1 Å². The van der Waals surface area contributed by atoms with Gasteiger partial charge in [0.2, 0.25) is 0 Å². The van der Waals surface area contributed by atoms with Crippen LogP contribution in [0.4, 0.5) is 0 Å². The zero-order chi connectivity index (χ0) is 33.6. The summed E-state index contributed by atoms with van der Waals surface area (Å²) in [6.07, 6.45) is 1.95. The second-order valence-electron chi connectivity index (χ2n) is 11.8. The molecule has 5 heteroatoms. The molecule has 0 fully saturated rings. The number of aliphatic imine (C=N–C) groups is 2. The smallest absolute Gasteiger partial charge is 0.154 e. The third kappa shape index (κ3) is 6.92. The third-order valence-electron chi connectivity index (χ3n) is 8.60. The Morgan fingerprint density at radius 3 is 1.92 bits per heavy atom. The van der Waals surface area contributed by atoms with Crippen molar-refractivity contribution in [1.29, 1.82) is 5.41 Å². The molecule has 0 heterocycles. The summed E-state index contributed by atoms with van der Waals surface area (Å²) in [7, 11) is 0. The first-order chi connectivity index (χ1) is 24.0. The molecule has 0 spiro atoms.